The topological polar surface area (TPSA) is 23.5 Å². The van der Waals surface area contributed by atoms with Gasteiger partial charge in [0.05, 0.1) is 6.10 Å². The van der Waals surface area contributed by atoms with Crippen LogP contribution >= 0.6 is 23.4 Å². The van der Waals surface area contributed by atoms with Crippen LogP contribution in [-0.2, 0) is 0 Å². The summed E-state index contributed by atoms with van der Waals surface area (Å²) < 4.78 is 0. The minimum Gasteiger partial charge on any atom is -0.387 e. The molecule has 0 bridgehead atoms. The van der Waals surface area contributed by atoms with Crippen molar-refractivity contribution in [3.05, 3.63) is 34.9 Å². The van der Waals surface area contributed by atoms with E-state index in [4.69, 9.17) is 11.6 Å². The zero-order valence-electron chi connectivity index (χ0n) is 9.97. The molecule has 1 aromatic rings. The number of nitrogens with zero attached hydrogens (tertiary/aromatic N) is 1. The molecule has 0 aliphatic carbocycles. The van der Waals surface area contributed by atoms with Crippen molar-refractivity contribution in [2.24, 2.45) is 0 Å². The normalized spacial score (nSPS) is 22.0. The van der Waals surface area contributed by atoms with Crippen LogP contribution in [0, 0.1) is 0 Å². The molecule has 4 heteroatoms. The molecule has 1 aliphatic heterocycles. The van der Waals surface area contributed by atoms with Gasteiger partial charge in [-0.1, -0.05) is 23.7 Å². The van der Waals surface area contributed by atoms with Gasteiger partial charge in [-0.25, -0.2) is 0 Å². The van der Waals surface area contributed by atoms with Gasteiger partial charge in [0, 0.05) is 23.4 Å². The summed E-state index contributed by atoms with van der Waals surface area (Å²) in [5.74, 6) is 2.42. The van der Waals surface area contributed by atoms with E-state index in [2.05, 4.69) is 11.9 Å². The maximum absolute atomic E-state index is 10.2. The highest BCUT2D eigenvalue weighted by Gasteiger charge is 2.22. The highest BCUT2D eigenvalue weighted by atomic mass is 35.5. The quantitative estimate of drug-likeness (QED) is 0.911. The van der Waals surface area contributed by atoms with E-state index in [1.165, 1.54) is 17.9 Å². The zero-order valence-corrected chi connectivity index (χ0v) is 11.5. The molecule has 2 rings (SSSR count). The number of aliphatic hydroxyl groups excluding tert-OH is 1. The molecule has 1 fully saturated rings. The lowest BCUT2D eigenvalue weighted by molar-refractivity contribution is 0.110. The Bertz CT molecular complexity index is 368. The minimum absolute atomic E-state index is 0.454. The summed E-state index contributed by atoms with van der Waals surface area (Å²) in [5, 5.41) is 10.8. The molecular formula is C13H18ClNOS. The fourth-order valence-electron chi connectivity index (χ4n) is 2.11. The Kier molecular flexibility index (Phi) is 4.74. The third-order valence-electron chi connectivity index (χ3n) is 3.22. The summed E-state index contributed by atoms with van der Waals surface area (Å²) in [4.78, 5) is 2.26. The van der Waals surface area contributed by atoms with Crippen molar-refractivity contribution < 1.29 is 5.11 Å². The Hall–Kier alpha value is -0.220. The SMILES string of the molecule is CN(C[C@@H](O)c1cccc(Cl)c1)[C@H]1CCSC1. The summed E-state index contributed by atoms with van der Waals surface area (Å²) in [5.41, 5.74) is 0.898. The van der Waals surface area contributed by atoms with Gasteiger partial charge >= 0.3 is 0 Å². The third-order valence-corrected chi connectivity index (χ3v) is 4.60. The molecule has 0 radical (unpaired) electrons. The van der Waals surface area contributed by atoms with Crippen molar-refractivity contribution in [3.63, 3.8) is 0 Å². The van der Waals surface area contributed by atoms with Crippen LogP contribution in [0.15, 0.2) is 24.3 Å². The first-order chi connectivity index (χ1) is 8.16. The van der Waals surface area contributed by atoms with Gasteiger partial charge < -0.3 is 5.11 Å². The Labute approximate surface area is 112 Å². The minimum atomic E-state index is -0.454. The van der Waals surface area contributed by atoms with Crippen LogP contribution < -0.4 is 0 Å². The number of halogens is 1. The highest BCUT2D eigenvalue weighted by Crippen LogP contribution is 2.24. The monoisotopic (exact) mass is 271 g/mol. The van der Waals surface area contributed by atoms with Gasteiger partial charge in [0.15, 0.2) is 0 Å². The molecule has 94 valence electrons. The van der Waals surface area contributed by atoms with Crippen LogP contribution in [-0.4, -0.2) is 41.1 Å². The van der Waals surface area contributed by atoms with Crippen LogP contribution in [0.1, 0.15) is 18.1 Å². The summed E-state index contributed by atoms with van der Waals surface area (Å²) in [6, 6.07) is 8.08. The van der Waals surface area contributed by atoms with Gasteiger partial charge in [0.2, 0.25) is 0 Å². The molecule has 1 aliphatic rings. The fraction of sp³-hybridized carbons (Fsp3) is 0.538. The number of thioether (sulfide) groups is 1. The number of aliphatic hydroxyl groups is 1. The van der Waals surface area contributed by atoms with Gasteiger partial charge in [0.25, 0.3) is 0 Å². The standard InChI is InChI=1S/C13H18ClNOS/c1-15(12-5-6-17-9-12)8-13(16)10-3-2-4-11(14)7-10/h2-4,7,12-13,16H,5-6,8-9H2,1H3/t12-,13+/m0/s1. The lowest BCUT2D eigenvalue weighted by Crippen LogP contribution is -2.34. The molecule has 1 N–H and O–H groups in total. The van der Waals surface area contributed by atoms with E-state index in [0.29, 0.717) is 17.6 Å². The first kappa shape index (κ1) is 13.2. The predicted octanol–water partition coefficient (Wildman–Crippen LogP) is 2.81. The first-order valence-corrected chi connectivity index (χ1v) is 7.41. The lowest BCUT2D eigenvalue weighted by atomic mass is 10.1. The summed E-state index contributed by atoms with van der Waals surface area (Å²) in [7, 11) is 2.09. The zero-order chi connectivity index (χ0) is 12.3. The van der Waals surface area contributed by atoms with Crippen LogP contribution in [0.4, 0.5) is 0 Å². The van der Waals surface area contributed by atoms with Crippen LogP contribution in [0.5, 0.6) is 0 Å². The van der Waals surface area contributed by atoms with Crippen molar-refractivity contribution >= 4 is 23.4 Å². The molecule has 2 nitrogen and oxygen atoms in total. The van der Waals surface area contributed by atoms with E-state index in [1.807, 2.05) is 36.0 Å². The van der Waals surface area contributed by atoms with E-state index in [0.717, 1.165) is 5.56 Å². The molecule has 2 atom stereocenters. The van der Waals surface area contributed by atoms with Gasteiger partial charge in [-0.15, -0.1) is 0 Å². The molecule has 0 unspecified atom stereocenters. The van der Waals surface area contributed by atoms with Gasteiger partial charge in [-0.05, 0) is 36.9 Å². The van der Waals surface area contributed by atoms with Gasteiger partial charge in [-0.3, -0.25) is 4.90 Å². The van der Waals surface area contributed by atoms with Crippen molar-refractivity contribution in [2.75, 3.05) is 25.1 Å². The summed E-state index contributed by atoms with van der Waals surface area (Å²) in [6.07, 6.45) is 0.771. The molecular weight excluding hydrogens is 254 g/mol. The van der Waals surface area contributed by atoms with Crippen LogP contribution in [0.25, 0.3) is 0 Å². The number of hydrogen-bond acceptors (Lipinski definition) is 3. The molecule has 1 saturated heterocycles. The summed E-state index contributed by atoms with van der Waals surface area (Å²) in [6.45, 7) is 0.672. The second kappa shape index (κ2) is 6.10. The van der Waals surface area contributed by atoms with E-state index in [9.17, 15) is 5.11 Å². The molecule has 0 saturated carbocycles. The molecule has 1 heterocycles. The third kappa shape index (κ3) is 3.62. The summed E-state index contributed by atoms with van der Waals surface area (Å²) >= 11 is 7.92. The maximum Gasteiger partial charge on any atom is 0.0917 e. The van der Waals surface area contributed by atoms with Gasteiger partial charge in [-0.2, -0.15) is 11.8 Å². The number of likely N-dealkylation sites (N-methyl/N-ethyl adjacent to an activating group) is 1. The largest absolute Gasteiger partial charge is 0.387 e. The van der Waals surface area contributed by atoms with Crippen molar-refractivity contribution in [1.29, 1.82) is 0 Å². The Morgan fingerprint density at radius 1 is 1.59 bits per heavy atom. The molecule has 0 amide bonds. The second-order valence-corrected chi connectivity index (χ2v) is 6.11. The second-order valence-electron chi connectivity index (χ2n) is 4.53. The number of rotatable bonds is 4. The predicted molar refractivity (Wildman–Crippen MR) is 74.8 cm³/mol. The maximum atomic E-state index is 10.2. The smallest absolute Gasteiger partial charge is 0.0917 e. The number of hydrogen-bond donors (Lipinski definition) is 1. The highest BCUT2D eigenvalue weighted by molar-refractivity contribution is 7.99. The lowest BCUT2D eigenvalue weighted by Gasteiger charge is -2.26. The Balaban J connectivity index is 1.93. The van der Waals surface area contributed by atoms with Crippen molar-refractivity contribution in [1.82, 2.24) is 4.90 Å². The first-order valence-electron chi connectivity index (χ1n) is 5.88. The van der Waals surface area contributed by atoms with E-state index in [1.54, 1.807) is 0 Å². The van der Waals surface area contributed by atoms with Crippen LogP contribution in [0.3, 0.4) is 0 Å². The van der Waals surface area contributed by atoms with Crippen molar-refractivity contribution in [2.45, 2.75) is 18.6 Å². The van der Waals surface area contributed by atoms with E-state index >= 15 is 0 Å². The average molecular weight is 272 g/mol. The number of benzene rings is 1. The van der Waals surface area contributed by atoms with E-state index in [-0.39, 0.29) is 0 Å². The molecule has 0 spiro atoms. The van der Waals surface area contributed by atoms with Gasteiger partial charge in [0.1, 0.15) is 0 Å². The molecule has 1 aromatic carbocycles. The van der Waals surface area contributed by atoms with E-state index < -0.39 is 6.10 Å². The van der Waals surface area contributed by atoms with Crippen LogP contribution in [0.2, 0.25) is 5.02 Å². The Morgan fingerprint density at radius 3 is 3.06 bits per heavy atom. The molecule has 0 aromatic heterocycles. The fourth-order valence-corrected chi connectivity index (χ4v) is 3.61. The Morgan fingerprint density at radius 2 is 2.41 bits per heavy atom. The molecule has 17 heavy (non-hydrogen) atoms. The van der Waals surface area contributed by atoms with Crippen molar-refractivity contribution in [3.8, 4) is 0 Å². The average Bonchev–Trinajstić information content (AvgIpc) is 2.82.